The Kier molecular flexibility index (Phi) is 4.37. The summed E-state index contributed by atoms with van der Waals surface area (Å²) in [4.78, 5) is 12.1. The SMILES string of the molecule is COc1ccc(C(=O)CCc2ccnn2C)cc1Br. The lowest BCUT2D eigenvalue weighted by Gasteiger charge is -2.06. The Morgan fingerprint density at radius 1 is 1.42 bits per heavy atom. The molecule has 0 spiro atoms. The normalized spacial score (nSPS) is 10.5. The average molecular weight is 323 g/mol. The second-order valence-electron chi connectivity index (χ2n) is 4.22. The van der Waals surface area contributed by atoms with Crippen LogP contribution < -0.4 is 4.74 Å². The molecule has 0 N–H and O–H groups in total. The number of rotatable bonds is 5. The van der Waals surface area contributed by atoms with Crippen LogP contribution in [-0.4, -0.2) is 22.7 Å². The number of hydrogen-bond acceptors (Lipinski definition) is 3. The fourth-order valence-electron chi connectivity index (χ4n) is 1.87. The van der Waals surface area contributed by atoms with Crippen LogP contribution in [0.1, 0.15) is 22.5 Å². The van der Waals surface area contributed by atoms with Crippen molar-refractivity contribution in [2.75, 3.05) is 7.11 Å². The molecule has 5 heteroatoms. The smallest absolute Gasteiger partial charge is 0.163 e. The van der Waals surface area contributed by atoms with Crippen molar-refractivity contribution >= 4 is 21.7 Å². The summed E-state index contributed by atoms with van der Waals surface area (Å²) in [7, 11) is 3.48. The highest BCUT2D eigenvalue weighted by Gasteiger charge is 2.10. The fourth-order valence-corrected chi connectivity index (χ4v) is 2.41. The first-order valence-corrected chi connectivity index (χ1v) is 6.74. The maximum Gasteiger partial charge on any atom is 0.163 e. The lowest BCUT2D eigenvalue weighted by molar-refractivity contribution is 0.0982. The van der Waals surface area contributed by atoms with Gasteiger partial charge >= 0.3 is 0 Å². The predicted octanol–water partition coefficient (Wildman–Crippen LogP) is 3.01. The van der Waals surface area contributed by atoms with Crippen LogP contribution in [0, 0.1) is 0 Å². The summed E-state index contributed by atoms with van der Waals surface area (Å²) in [5.41, 5.74) is 1.75. The van der Waals surface area contributed by atoms with Crippen LogP contribution in [0.3, 0.4) is 0 Å². The van der Waals surface area contributed by atoms with E-state index in [-0.39, 0.29) is 5.78 Å². The van der Waals surface area contributed by atoms with Gasteiger partial charge in [-0.1, -0.05) is 0 Å². The minimum absolute atomic E-state index is 0.115. The van der Waals surface area contributed by atoms with E-state index in [2.05, 4.69) is 21.0 Å². The maximum absolute atomic E-state index is 12.1. The third-order valence-electron chi connectivity index (χ3n) is 3.00. The van der Waals surface area contributed by atoms with Gasteiger partial charge < -0.3 is 4.74 Å². The molecule has 0 unspecified atom stereocenters. The molecule has 0 fully saturated rings. The molecule has 0 aliphatic carbocycles. The van der Waals surface area contributed by atoms with Gasteiger partial charge in [-0.05, 0) is 46.6 Å². The Balaban J connectivity index is 2.04. The molecule has 0 aliphatic heterocycles. The van der Waals surface area contributed by atoms with Gasteiger partial charge in [-0.15, -0.1) is 0 Å². The van der Waals surface area contributed by atoms with E-state index in [1.165, 1.54) is 0 Å². The molecule has 0 bridgehead atoms. The molecule has 1 heterocycles. The zero-order valence-corrected chi connectivity index (χ0v) is 12.5. The van der Waals surface area contributed by atoms with E-state index in [0.29, 0.717) is 18.4 Å². The van der Waals surface area contributed by atoms with Gasteiger partial charge in [-0.2, -0.15) is 5.10 Å². The molecule has 2 aromatic rings. The third-order valence-corrected chi connectivity index (χ3v) is 3.62. The molecule has 0 aliphatic rings. The second kappa shape index (κ2) is 6.02. The number of aromatic nitrogens is 2. The second-order valence-corrected chi connectivity index (χ2v) is 5.07. The third kappa shape index (κ3) is 3.23. The first-order valence-electron chi connectivity index (χ1n) is 5.95. The van der Waals surface area contributed by atoms with E-state index in [1.807, 2.05) is 13.1 Å². The summed E-state index contributed by atoms with van der Waals surface area (Å²) in [6.07, 6.45) is 2.90. The van der Waals surface area contributed by atoms with Crippen LogP contribution in [0.2, 0.25) is 0 Å². The number of aryl methyl sites for hydroxylation is 2. The number of benzene rings is 1. The average Bonchev–Trinajstić information content (AvgIpc) is 2.81. The van der Waals surface area contributed by atoms with E-state index in [0.717, 1.165) is 15.9 Å². The van der Waals surface area contributed by atoms with Gasteiger partial charge in [0.1, 0.15) is 5.75 Å². The highest BCUT2D eigenvalue weighted by molar-refractivity contribution is 9.10. The first kappa shape index (κ1) is 13.8. The number of carbonyl (C=O) groups excluding carboxylic acids is 1. The van der Waals surface area contributed by atoms with Crippen LogP contribution in [0.25, 0.3) is 0 Å². The molecule has 1 aromatic carbocycles. The molecular formula is C14H15BrN2O2. The highest BCUT2D eigenvalue weighted by atomic mass is 79.9. The Morgan fingerprint density at radius 3 is 2.79 bits per heavy atom. The maximum atomic E-state index is 12.1. The molecule has 0 saturated carbocycles. The number of methoxy groups -OCH3 is 1. The van der Waals surface area contributed by atoms with Gasteiger partial charge in [0.15, 0.2) is 5.78 Å². The summed E-state index contributed by atoms with van der Waals surface area (Å²) in [5, 5.41) is 4.09. The zero-order chi connectivity index (χ0) is 13.8. The molecule has 19 heavy (non-hydrogen) atoms. The fraction of sp³-hybridized carbons (Fsp3) is 0.286. The Hall–Kier alpha value is -1.62. The van der Waals surface area contributed by atoms with E-state index in [9.17, 15) is 4.79 Å². The number of halogens is 1. The van der Waals surface area contributed by atoms with E-state index >= 15 is 0 Å². The zero-order valence-electron chi connectivity index (χ0n) is 10.9. The Bertz CT molecular complexity index is 593. The van der Waals surface area contributed by atoms with Crippen molar-refractivity contribution in [1.82, 2.24) is 9.78 Å². The molecule has 0 atom stereocenters. The van der Waals surface area contributed by atoms with Gasteiger partial charge in [0.05, 0.1) is 11.6 Å². The highest BCUT2D eigenvalue weighted by Crippen LogP contribution is 2.26. The predicted molar refractivity (Wildman–Crippen MR) is 76.6 cm³/mol. The molecule has 100 valence electrons. The lowest BCUT2D eigenvalue weighted by atomic mass is 10.1. The van der Waals surface area contributed by atoms with Gasteiger partial charge in [0.2, 0.25) is 0 Å². The molecule has 0 amide bonds. The number of carbonyl (C=O) groups is 1. The van der Waals surface area contributed by atoms with Crippen molar-refractivity contribution in [1.29, 1.82) is 0 Å². The standard InChI is InChI=1S/C14H15BrN2O2/c1-17-11(7-8-16-17)4-5-13(18)10-3-6-14(19-2)12(15)9-10/h3,6-9H,4-5H2,1-2H3. The van der Waals surface area contributed by atoms with Crippen LogP contribution >= 0.6 is 15.9 Å². The number of ketones is 1. The van der Waals surface area contributed by atoms with Crippen LogP contribution in [-0.2, 0) is 13.5 Å². The van der Waals surface area contributed by atoms with Crippen molar-refractivity contribution in [3.8, 4) is 5.75 Å². The number of hydrogen-bond donors (Lipinski definition) is 0. The van der Waals surface area contributed by atoms with Gasteiger partial charge in [0, 0.05) is 30.9 Å². The van der Waals surface area contributed by atoms with Crippen molar-refractivity contribution in [2.24, 2.45) is 7.05 Å². The van der Waals surface area contributed by atoms with Crippen LogP contribution in [0.5, 0.6) is 5.75 Å². The molecule has 0 saturated heterocycles. The number of ether oxygens (including phenoxy) is 1. The van der Waals surface area contributed by atoms with Crippen molar-refractivity contribution in [3.63, 3.8) is 0 Å². The lowest BCUT2D eigenvalue weighted by Crippen LogP contribution is -2.04. The van der Waals surface area contributed by atoms with Gasteiger partial charge in [-0.25, -0.2) is 0 Å². The molecule has 1 aromatic heterocycles. The molecule has 4 nitrogen and oxygen atoms in total. The van der Waals surface area contributed by atoms with Crippen molar-refractivity contribution in [2.45, 2.75) is 12.8 Å². The minimum atomic E-state index is 0.115. The van der Waals surface area contributed by atoms with Crippen molar-refractivity contribution in [3.05, 3.63) is 46.2 Å². The molecule has 2 rings (SSSR count). The van der Waals surface area contributed by atoms with Gasteiger partial charge in [0.25, 0.3) is 0 Å². The first-order chi connectivity index (χ1) is 9.11. The quantitative estimate of drug-likeness (QED) is 0.795. The van der Waals surface area contributed by atoms with E-state index in [4.69, 9.17) is 4.74 Å². The number of Topliss-reactive ketones (excluding diaryl/α,β-unsaturated/α-hetero) is 1. The number of nitrogens with zero attached hydrogens (tertiary/aromatic N) is 2. The van der Waals surface area contributed by atoms with Crippen LogP contribution in [0.4, 0.5) is 0 Å². The summed E-state index contributed by atoms with van der Waals surface area (Å²) in [5.74, 6) is 0.840. The van der Waals surface area contributed by atoms with E-state index < -0.39 is 0 Å². The summed E-state index contributed by atoms with van der Waals surface area (Å²) < 4.78 is 7.73. The Morgan fingerprint density at radius 2 is 2.21 bits per heavy atom. The summed E-state index contributed by atoms with van der Waals surface area (Å²) in [6, 6.07) is 7.30. The van der Waals surface area contributed by atoms with Crippen LogP contribution in [0.15, 0.2) is 34.9 Å². The topological polar surface area (TPSA) is 44.1 Å². The van der Waals surface area contributed by atoms with Gasteiger partial charge in [-0.3, -0.25) is 9.48 Å². The van der Waals surface area contributed by atoms with Crippen molar-refractivity contribution < 1.29 is 9.53 Å². The molecular weight excluding hydrogens is 308 g/mol. The summed E-state index contributed by atoms with van der Waals surface area (Å²) in [6.45, 7) is 0. The molecule has 0 radical (unpaired) electrons. The largest absolute Gasteiger partial charge is 0.496 e. The monoisotopic (exact) mass is 322 g/mol. The Labute approximate surface area is 120 Å². The van der Waals surface area contributed by atoms with E-state index in [1.54, 1.807) is 36.2 Å². The minimum Gasteiger partial charge on any atom is -0.496 e. The summed E-state index contributed by atoms with van der Waals surface area (Å²) >= 11 is 3.39.